The number of nitrogens with zero attached hydrogens (tertiary/aromatic N) is 4. The summed E-state index contributed by atoms with van der Waals surface area (Å²) in [4.78, 5) is 4.49. The van der Waals surface area contributed by atoms with Crippen LogP contribution in [-0.2, 0) is 13.6 Å². The molecule has 0 amide bonds. The summed E-state index contributed by atoms with van der Waals surface area (Å²) in [6, 6.07) is 0. The van der Waals surface area contributed by atoms with Gasteiger partial charge in [0.15, 0.2) is 0 Å². The Balaban J connectivity index is 2.89. The van der Waals surface area contributed by atoms with Crippen molar-refractivity contribution in [3.05, 3.63) is 11.3 Å². The number of aromatic nitrogens is 2. The number of nitrogens with one attached hydrogen (secondary N) is 1. The zero-order valence-electron chi connectivity index (χ0n) is 14.4. The molecular weight excluding hydrogens is 250 g/mol. The van der Waals surface area contributed by atoms with Crippen LogP contribution in [0.1, 0.15) is 32.0 Å². The Hall–Kier alpha value is -1.07. The van der Waals surface area contributed by atoms with Gasteiger partial charge in [-0.05, 0) is 41.8 Å². The fraction of sp³-hybridized carbons (Fsp3) is 0.800. The van der Waals surface area contributed by atoms with Crippen molar-refractivity contribution < 1.29 is 0 Å². The predicted molar refractivity (Wildman–Crippen MR) is 86.4 cm³/mol. The summed E-state index contributed by atoms with van der Waals surface area (Å²) in [6.07, 6.45) is 0. The molecule has 1 aromatic rings. The molecule has 20 heavy (non-hydrogen) atoms. The number of hydrogen-bond donors (Lipinski definition) is 1. The summed E-state index contributed by atoms with van der Waals surface area (Å²) < 4.78 is 1.99. The van der Waals surface area contributed by atoms with E-state index in [4.69, 9.17) is 0 Å². The molecule has 1 rings (SSSR count). The zero-order valence-corrected chi connectivity index (χ0v) is 14.4. The maximum atomic E-state index is 4.58. The average molecular weight is 281 g/mol. The van der Waals surface area contributed by atoms with Crippen LogP contribution in [0.25, 0.3) is 0 Å². The molecule has 0 radical (unpaired) electrons. The van der Waals surface area contributed by atoms with Crippen molar-refractivity contribution in [3.63, 3.8) is 0 Å². The first-order chi connectivity index (χ1) is 9.11. The molecule has 5 nitrogen and oxygen atoms in total. The number of aryl methyl sites for hydroxylation is 2. The second-order valence-corrected chi connectivity index (χ2v) is 6.84. The van der Waals surface area contributed by atoms with Crippen molar-refractivity contribution >= 4 is 5.82 Å². The van der Waals surface area contributed by atoms with Crippen LogP contribution in [0.2, 0.25) is 0 Å². The van der Waals surface area contributed by atoms with Gasteiger partial charge in [-0.1, -0.05) is 0 Å². The van der Waals surface area contributed by atoms with Gasteiger partial charge in [-0.15, -0.1) is 0 Å². The van der Waals surface area contributed by atoms with Gasteiger partial charge in [0.05, 0.1) is 5.69 Å². The van der Waals surface area contributed by atoms with Crippen molar-refractivity contribution in [1.82, 2.24) is 20.0 Å². The zero-order chi connectivity index (χ0) is 15.5. The van der Waals surface area contributed by atoms with E-state index >= 15 is 0 Å². The van der Waals surface area contributed by atoms with E-state index in [-0.39, 0.29) is 5.54 Å². The van der Waals surface area contributed by atoms with Gasteiger partial charge in [-0.2, -0.15) is 5.10 Å². The van der Waals surface area contributed by atoms with Crippen LogP contribution >= 0.6 is 0 Å². The smallest absolute Gasteiger partial charge is 0.131 e. The number of rotatable bonds is 6. The normalized spacial score (nSPS) is 12.2. The highest BCUT2D eigenvalue weighted by Crippen LogP contribution is 2.22. The lowest BCUT2D eigenvalue weighted by Crippen LogP contribution is -2.36. The predicted octanol–water partition coefficient (Wildman–Crippen LogP) is 1.61. The van der Waals surface area contributed by atoms with Crippen LogP contribution in [0.4, 0.5) is 5.82 Å². The molecule has 1 heterocycles. The lowest BCUT2D eigenvalue weighted by Gasteiger charge is -2.25. The van der Waals surface area contributed by atoms with Crippen LogP contribution in [-0.4, -0.2) is 54.5 Å². The second kappa shape index (κ2) is 6.59. The molecule has 0 spiro atoms. The van der Waals surface area contributed by atoms with Crippen molar-refractivity contribution in [2.75, 3.05) is 39.1 Å². The Bertz CT molecular complexity index is 428. The van der Waals surface area contributed by atoms with Crippen molar-refractivity contribution in [2.45, 2.75) is 39.8 Å². The Morgan fingerprint density at radius 3 is 2.25 bits per heavy atom. The van der Waals surface area contributed by atoms with E-state index in [0.29, 0.717) is 0 Å². The molecule has 0 unspecified atom stereocenters. The lowest BCUT2D eigenvalue weighted by atomic mass is 10.1. The summed E-state index contributed by atoms with van der Waals surface area (Å²) >= 11 is 0. The van der Waals surface area contributed by atoms with E-state index in [1.54, 1.807) is 0 Å². The molecule has 0 aromatic carbocycles. The molecule has 0 aliphatic carbocycles. The third-order valence-corrected chi connectivity index (χ3v) is 3.35. The summed E-state index contributed by atoms with van der Waals surface area (Å²) in [7, 11) is 8.37. The highest BCUT2D eigenvalue weighted by atomic mass is 15.4. The van der Waals surface area contributed by atoms with Crippen molar-refractivity contribution in [3.8, 4) is 0 Å². The van der Waals surface area contributed by atoms with Gasteiger partial charge in [0.2, 0.25) is 0 Å². The topological polar surface area (TPSA) is 36.3 Å². The standard InChI is InChI=1S/C15H31N5/c1-12-13(11-16-15(2,3)4)14(20(8)17-12)19(7)10-9-18(5)6/h16H,9-11H2,1-8H3. The van der Waals surface area contributed by atoms with E-state index in [2.05, 4.69) is 69.1 Å². The summed E-state index contributed by atoms with van der Waals surface area (Å²) in [5, 5.41) is 8.14. The van der Waals surface area contributed by atoms with Crippen LogP contribution in [0.15, 0.2) is 0 Å². The molecule has 0 atom stereocenters. The summed E-state index contributed by atoms with van der Waals surface area (Å²) in [5.41, 5.74) is 2.52. The first-order valence-electron chi connectivity index (χ1n) is 7.25. The second-order valence-electron chi connectivity index (χ2n) is 6.84. The Morgan fingerprint density at radius 1 is 1.15 bits per heavy atom. The number of hydrogen-bond acceptors (Lipinski definition) is 4. The van der Waals surface area contributed by atoms with E-state index in [1.807, 2.05) is 11.7 Å². The van der Waals surface area contributed by atoms with Crippen LogP contribution in [0, 0.1) is 6.92 Å². The van der Waals surface area contributed by atoms with Crippen LogP contribution in [0.5, 0.6) is 0 Å². The number of likely N-dealkylation sites (N-methyl/N-ethyl adjacent to an activating group) is 2. The Labute approximate surface area is 123 Å². The molecule has 0 aliphatic rings. The minimum absolute atomic E-state index is 0.113. The first-order valence-corrected chi connectivity index (χ1v) is 7.25. The number of anilines is 1. The summed E-state index contributed by atoms with van der Waals surface area (Å²) in [6.45, 7) is 11.5. The minimum Gasteiger partial charge on any atom is -0.358 e. The monoisotopic (exact) mass is 281 g/mol. The Morgan fingerprint density at radius 2 is 1.75 bits per heavy atom. The fourth-order valence-electron chi connectivity index (χ4n) is 2.18. The molecule has 0 fully saturated rings. The highest BCUT2D eigenvalue weighted by Gasteiger charge is 2.18. The van der Waals surface area contributed by atoms with Crippen molar-refractivity contribution in [2.24, 2.45) is 7.05 Å². The van der Waals surface area contributed by atoms with E-state index in [0.717, 1.165) is 25.3 Å². The largest absolute Gasteiger partial charge is 0.358 e. The summed E-state index contributed by atoms with van der Waals surface area (Å²) in [5.74, 6) is 1.21. The SMILES string of the molecule is Cc1nn(C)c(N(C)CCN(C)C)c1CNC(C)(C)C. The van der Waals surface area contributed by atoms with E-state index in [1.165, 1.54) is 11.4 Å². The Kier molecular flexibility index (Phi) is 5.59. The molecule has 0 saturated heterocycles. The van der Waals surface area contributed by atoms with Gasteiger partial charge in [0, 0.05) is 44.8 Å². The first kappa shape index (κ1) is 17.0. The fourth-order valence-corrected chi connectivity index (χ4v) is 2.18. The maximum absolute atomic E-state index is 4.58. The molecule has 0 bridgehead atoms. The average Bonchev–Trinajstić information content (AvgIpc) is 2.57. The molecule has 116 valence electrons. The van der Waals surface area contributed by atoms with Gasteiger partial charge < -0.3 is 15.1 Å². The van der Waals surface area contributed by atoms with Gasteiger partial charge in [-0.3, -0.25) is 4.68 Å². The van der Waals surface area contributed by atoms with Gasteiger partial charge >= 0.3 is 0 Å². The van der Waals surface area contributed by atoms with E-state index in [9.17, 15) is 0 Å². The maximum Gasteiger partial charge on any atom is 0.131 e. The molecule has 1 aromatic heterocycles. The molecule has 1 N–H and O–H groups in total. The van der Waals surface area contributed by atoms with E-state index < -0.39 is 0 Å². The molecule has 5 heteroatoms. The van der Waals surface area contributed by atoms with Crippen LogP contribution in [0.3, 0.4) is 0 Å². The highest BCUT2D eigenvalue weighted by molar-refractivity contribution is 5.49. The molecule has 0 saturated carbocycles. The van der Waals surface area contributed by atoms with Gasteiger partial charge in [0.1, 0.15) is 5.82 Å². The van der Waals surface area contributed by atoms with Crippen LogP contribution < -0.4 is 10.2 Å². The quantitative estimate of drug-likeness (QED) is 0.859. The lowest BCUT2D eigenvalue weighted by molar-refractivity contribution is 0.413. The molecule has 0 aliphatic heterocycles. The third kappa shape index (κ3) is 4.80. The van der Waals surface area contributed by atoms with Gasteiger partial charge in [-0.25, -0.2) is 0 Å². The molecular formula is C15H31N5. The minimum atomic E-state index is 0.113. The van der Waals surface area contributed by atoms with Gasteiger partial charge in [0.25, 0.3) is 0 Å². The van der Waals surface area contributed by atoms with Crippen molar-refractivity contribution in [1.29, 1.82) is 0 Å². The third-order valence-electron chi connectivity index (χ3n) is 3.35.